The van der Waals surface area contributed by atoms with Gasteiger partial charge in [0.05, 0.1) is 25.4 Å². The molecule has 1 aliphatic heterocycles. The molecule has 0 radical (unpaired) electrons. The highest BCUT2D eigenvalue weighted by Crippen LogP contribution is 2.27. The second kappa shape index (κ2) is 9.48. The van der Waals surface area contributed by atoms with Gasteiger partial charge in [0.25, 0.3) is 5.89 Å². The van der Waals surface area contributed by atoms with Crippen LogP contribution in [0.1, 0.15) is 32.1 Å². The number of benzene rings is 1. The predicted molar refractivity (Wildman–Crippen MR) is 95.1 cm³/mol. The summed E-state index contributed by atoms with van der Waals surface area (Å²) in [7, 11) is 1.57. The molecular formula is C19H24N2O6. The van der Waals surface area contributed by atoms with Gasteiger partial charge in [-0.25, -0.2) is 4.79 Å². The summed E-state index contributed by atoms with van der Waals surface area (Å²) < 4.78 is 26.8. The maximum absolute atomic E-state index is 12.1. The Morgan fingerprint density at radius 3 is 2.96 bits per heavy atom. The molecule has 0 N–H and O–H groups in total. The van der Waals surface area contributed by atoms with Crippen molar-refractivity contribution in [2.75, 3.05) is 20.3 Å². The summed E-state index contributed by atoms with van der Waals surface area (Å²) in [6, 6.07) is 7.33. The number of aromatic nitrogens is 2. The van der Waals surface area contributed by atoms with Gasteiger partial charge in [0.1, 0.15) is 5.75 Å². The molecule has 1 aromatic heterocycles. The first-order valence-electron chi connectivity index (χ1n) is 9.03. The summed E-state index contributed by atoms with van der Waals surface area (Å²) in [5.74, 6) is 0.723. The molecule has 2 heterocycles. The van der Waals surface area contributed by atoms with E-state index in [-0.39, 0.29) is 18.6 Å². The van der Waals surface area contributed by atoms with Crippen LogP contribution >= 0.6 is 0 Å². The maximum Gasteiger partial charge on any atom is 0.335 e. The summed E-state index contributed by atoms with van der Waals surface area (Å²) >= 11 is 0. The van der Waals surface area contributed by atoms with Crippen molar-refractivity contribution < 1.29 is 28.3 Å². The standard InChI is InChI=1S/C19H24N2O6/c1-13(25-11-14-7-5-6-10-24-14)19(22)26-12-17-20-18(21-27-17)15-8-3-4-9-16(15)23-2/h3-4,8-9,13-14H,5-7,10-12H2,1-2H3. The van der Waals surface area contributed by atoms with Crippen LogP contribution in [0.5, 0.6) is 5.75 Å². The molecule has 0 amide bonds. The Morgan fingerprint density at radius 1 is 1.33 bits per heavy atom. The third-order valence-electron chi connectivity index (χ3n) is 4.29. The Morgan fingerprint density at radius 2 is 2.19 bits per heavy atom. The number of carbonyl (C=O) groups is 1. The van der Waals surface area contributed by atoms with Crippen molar-refractivity contribution in [3.05, 3.63) is 30.2 Å². The Kier molecular flexibility index (Phi) is 6.78. The molecule has 2 unspecified atom stereocenters. The van der Waals surface area contributed by atoms with Crippen LogP contribution in [0.15, 0.2) is 28.8 Å². The molecule has 3 rings (SSSR count). The van der Waals surface area contributed by atoms with Crippen LogP contribution in [-0.4, -0.2) is 48.6 Å². The summed E-state index contributed by atoms with van der Waals surface area (Å²) in [5.41, 5.74) is 0.700. The van der Waals surface area contributed by atoms with Gasteiger partial charge in [-0.15, -0.1) is 0 Å². The molecule has 0 bridgehead atoms. The molecule has 1 aliphatic rings. The predicted octanol–water partition coefficient (Wildman–Crippen LogP) is 2.76. The average molecular weight is 376 g/mol. The fraction of sp³-hybridized carbons (Fsp3) is 0.526. The molecule has 1 saturated heterocycles. The number of hydrogen-bond donors (Lipinski definition) is 0. The van der Waals surface area contributed by atoms with Crippen LogP contribution in [0.4, 0.5) is 0 Å². The van der Waals surface area contributed by atoms with E-state index < -0.39 is 12.1 Å². The van der Waals surface area contributed by atoms with Gasteiger partial charge in [-0.2, -0.15) is 4.98 Å². The zero-order valence-electron chi connectivity index (χ0n) is 15.6. The Bertz CT molecular complexity index is 741. The zero-order valence-corrected chi connectivity index (χ0v) is 15.6. The third-order valence-corrected chi connectivity index (χ3v) is 4.29. The number of rotatable bonds is 8. The van der Waals surface area contributed by atoms with Gasteiger partial charge >= 0.3 is 5.97 Å². The van der Waals surface area contributed by atoms with Crippen molar-refractivity contribution in [1.82, 2.24) is 10.1 Å². The van der Waals surface area contributed by atoms with Crippen molar-refractivity contribution in [2.45, 2.75) is 45.0 Å². The maximum atomic E-state index is 12.1. The molecule has 0 saturated carbocycles. The highest BCUT2D eigenvalue weighted by molar-refractivity contribution is 5.74. The number of hydrogen-bond acceptors (Lipinski definition) is 8. The van der Waals surface area contributed by atoms with Gasteiger partial charge in [0.2, 0.25) is 5.82 Å². The largest absolute Gasteiger partial charge is 0.496 e. The monoisotopic (exact) mass is 376 g/mol. The quantitative estimate of drug-likeness (QED) is 0.649. The van der Waals surface area contributed by atoms with E-state index in [0.717, 1.165) is 25.9 Å². The number of ether oxygens (including phenoxy) is 4. The number of para-hydroxylation sites is 1. The van der Waals surface area contributed by atoms with Gasteiger partial charge in [0.15, 0.2) is 12.7 Å². The lowest BCUT2D eigenvalue weighted by Crippen LogP contribution is -2.30. The summed E-state index contributed by atoms with van der Waals surface area (Å²) in [5, 5.41) is 3.91. The van der Waals surface area contributed by atoms with Crippen LogP contribution in [0, 0.1) is 0 Å². The van der Waals surface area contributed by atoms with Gasteiger partial charge in [-0.05, 0) is 38.3 Å². The smallest absolute Gasteiger partial charge is 0.335 e. The van der Waals surface area contributed by atoms with E-state index in [2.05, 4.69) is 10.1 Å². The Hall–Kier alpha value is -2.45. The molecule has 0 aliphatic carbocycles. The molecule has 8 nitrogen and oxygen atoms in total. The topological polar surface area (TPSA) is 92.9 Å². The van der Waals surface area contributed by atoms with Crippen LogP contribution in [-0.2, 0) is 25.6 Å². The van der Waals surface area contributed by atoms with E-state index in [1.54, 1.807) is 20.1 Å². The first kappa shape index (κ1) is 19.3. The summed E-state index contributed by atoms with van der Waals surface area (Å²) in [4.78, 5) is 16.3. The molecular weight excluding hydrogens is 352 g/mol. The fourth-order valence-electron chi connectivity index (χ4n) is 2.76. The van der Waals surface area contributed by atoms with E-state index in [0.29, 0.717) is 23.7 Å². The minimum absolute atomic E-state index is 0.0494. The van der Waals surface area contributed by atoms with E-state index in [1.807, 2.05) is 18.2 Å². The number of carbonyl (C=O) groups excluding carboxylic acids is 1. The van der Waals surface area contributed by atoms with Crippen molar-refractivity contribution in [1.29, 1.82) is 0 Å². The lowest BCUT2D eigenvalue weighted by molar-refractivity contribution is -0.161. The molecule has 0 spiro atoms. The summed E-state index contributed by atoms with van der Waals surface area (Å²) in [6.07, 6.45) is 2.52. The number of methoxy groups -OCH3 is 1. The molecule has 146 valence electrons. The SMILES string of the molecule is COc1ccccc1-c1noc(COC(=O)C(C)OCC2CCCCO2)n1. The normalized spacial score (nSPS) is 18.1. The Labute approximate surface area is 157 Å². The zero-order chi connectivity index (χ0) is 19.1. The van der Waals surface area contributed by atoms with Gasteiger partial charge in [0, 0.05) is 6.61 Å². The molecule has 1 fully saturated rings. The fourth-order valence-corrected chi connectivity index (χ4v) is 2.76. The molecule has 1 aromatic carbocycles. The minimum atomic E-state index is -0.688. The first-order chi connectivity index (χ1) is 13.2. The van der Waals surface area contributed by atoms with Gasteiger partial charge in [-0.1, -0.05) is 17.3 Å². The number of nitrogens with zero attached hydrogens (tertiary/aromatic N) is 2. The van der Waals surface area contributed by atoms with Gasteiger partial charge in [-0.3, -0.25) is 0 Å². The third kappa shape index (κ3) is 5.27. The van der Waals surface area contributed by atoms with E-state index in [9.17, 15) is 4.79 Å². The molecule has 8 heteroatoms. The van der Waals surface area contributed by atoms with E-state index in [4.69, 9.17) is 23.5 Å². The second-order valence-electron chi connectivity index (χ2n) is 6.28. The van der Waals surface area contributed by atoms with Crippen LogP contribution in [0.2, 0.25) is 0 Å². The molecule has 27 heavy (non-hydrogen) atoms. The van der Waals surface area contributed by atoms with Gasteiger partial charge < -0.3 is 23.5 Å². The van der Waals surface area contributed by atoms with Crippen molar-refractivity contribution in [2.24, 2.45) is 0 Å². The van der Waals surface area contributed by atoms with Crippen LogP contribution < -0.4 is 4.74 Å². The van der Waals surface area contributed by atoms with E-state index >= 15 is 0 Å². The lowest BCUT2D eigenvalue weighted by atomic mass is 10.1. The average Bonchev–Trinajstić information content (AvgIpc) is 3.19. The van der Waals surface area contributed by atoms with Crippen molar-refractivity contribution in [3.8, 4) is 17.1 Å². The molecule has 2 atom stereocenters. The highest BCUT2D eigenvalue weighted by Gasteiger charge is 2.21. The number of esters is 1. The van der Waals surface area contributed by atoms with Crippen molar-refractivity contribution in [3.63, 3.8) is 0 Å². The Balaban J connectivity index is 1.48. The minimum Gasteiger partial charge on any atom is -0.496 e. The second-order valence-corrected chi connectivity index (χ2v) is 6.28. The highest BCUT2D eigenvalue weighted by atomic mass is 16.6. The van der Waals surface area contributed by atoms with Crippen LogP contribution in [0.25, 0.3) is 11.4 Å². The van der Waals surface area contributed by atoms with Crippen molar-refractivity contribution >= 4 is 5.97 Å². The summed E-state index contributed by atoms with van der Waals surface area (Å²) in [6.45, 7) is 2.67. The lowest BCUT2D eigenvalue weighted by Gasteiger charge is -2.23. The van der Waals surface area contributed by atoms with Crippen LogP contribution in [0.3, 0.4) is 0 Å². The first-order valence-corrected chi connectivity index (χ1v) is 9.03. The van der Waals surface area contributed by atoms with E-state index in [1.165, 1.54) is 0 Å². The molecule has 2 aromatic rings.